The van der Waals surface area contributed by atoms with Gasteiger partial charge in [0.15, 0.2) is 0 Å². The highest BCUT2D eigenvalue weighted by Gasteiger charge is 2.26. The zero-order chi connectivity index (χ0) is 18.0. The van der Waals surface area contributed by atoms with Gasteiger partial charge in [0.25, 0.3) is 0 Å². The minimum absolute atomic E-state index is 0.0356. The summed E-state index contributed by atoms with van der Waals surface area (Å²) < 4.78 is 10.9. The lowest BCUT2D eigenvalue weighted by atomic mass is 9.87. The van der Waals surface area contributed by atoms with Crippen LogP contribution in [0.1, 0.15) is 30.4 Å². The number of fused-ring (bicyclic) bond motifs is 1. The summed E-state index contributed by atoms with van der Waals surface area (Å²) in [6.07, 6.45) is 0.148. The molecule has 3 aromatic rings. The number of ether oxygens (including phenoxy) is 1. The number of phenolic OH excluding ortho intramolecular Hbond substituents is 1. The Hall–Kier alpha value is -3.08. The third-order valence-electron chi connectivity index (χ3n) is 4.12. The van der Waals surface area contributed by atoms with Crippen molar-refractivity contribution in [2.45, 2.75) is 19.3 Å². The van der Waals surface area contributed by atoms with Crippen molar-refractivity contribution in [1.29, 1.82) is 0 Å². The van der Waals surface area contributed by atoms with Crippen LogP contribution in [0.3, 0.4) is 0 Å². The first kappa shape index (κ1) is 16.8. The lowest BCUT2D eigenvalue weighted by Crippen LogP contribution is -2.18. The van der Waals surface area contributed by atoms with Gasteiger partial charge in [-0.05, 0) is 30.7 Å². The molecule has 0 amide bonds. The molecule has 1 N–H and O–H groups in total. The first-order valence-electron chi connectivity index (χ1n) is 7.89. The second kappa shape index (κ2) is 6.81. The van der Waals surface area contributed by atoms with Gasteiger partial charge in [0.2, 0.25) is 0 Å². The van der Waals surface area contributed by atoms with Gasteiger partial charge in [-0.25, -0.2) is 4.79 Å². The SMILES string of the molecule is COc1c([C@@H](CC(C)=O)c2ccccc2)c(=O)oc2ccc(O)cc12. The van der Waals surface area contributed by atoms with Crippen molar-refractivity contribution < 1.29 is 19.1 Å². The van der Waals surface area contributed by atoms with Crippen LogP contribution in [0, 0.1) is 0 Å². The lowest BCUT2D eigenvalue weighted by Gasteiger charge is -2.19. The van der Waals surface area contributed by atoms with Gasteiger partial charge in [-0.15, -0.1) is 0 Å². The molecular weight excluding hydrogens is 320 g/mol. The van der Waals surface area contributed by atoms with Gasteiger partial charge in [-0.2, -0.15) is 0 Å². The van der Waals surface area contributed by atoms with E-state index in [1.165, 1.54) is 32.2 Å². The van der Waals surface area contributed by atoms with E-state index in [-0.39, 0.29) is 23.5 Å². The fourth-order valence-corrected chi connectivity index (χ4v) is 3.06. The Kier molecular flexibility index (Phi) is 4.57. The molecule has 0 fully saturated rings. The highest BCUT2D eigenvalue weighted by molar-refractivity contribution is 5.86. The number of rotatable bonds is 5. The molecule has 0 aliphatic rings. The number of methoxy groups -OCH3 is 1. The summed E-state index contributed by atoms with van der Waals surface area (Å²) in [4.78, 5) is 24.5. The van der Waals surface area contributed by atoms with Gasteiger partial charge in [-0.3, -0.25) is 4.79 Å². The number of phenols is 1. The molecule has 25 heavy (non-hydrogen) atoms. The second-order valence-electron chi connectivity index (χ2n) is 5.89. The van der Waals surface area contributed by atoms with Gasteiger partial charge in [0, 0.05) is 12.3 Å². The predicted octanol–water partition coefficient (Wildman–Crippen LogP) is 3.62. The molecule has 0 unspecified atom stereocenters. The van der Waals surface area contributed by atoms with Crippen molar-refractivity contribution >= 4 is 16.8 Å². The molecule has 0 aliphatic carbocycles. The molecule has 0 aliphatic heterocycles. The molecular formula is C20H18O5. The number of carbonyl (C=O) groups is 1. The number of aromatic hydroxyl groups is 1. The molecule has 5 heteroatoms. The van der Waals surface area contributed by atoms with E-state index in [0.717, 1.165) is 5.56 Å². The Labute approximate surface area is 144 Å². The molecule has 0 radical (unpaired) electrons. The third kappa shape index (κ3) is 3.26. The number of benzene rings is 2. The van der Waals surface area contributed by atoms with E-state index in [1.54, 1.807) is 0 Å². The summed E-state index contributed by atoms with van der Waals surface area (Å²) in [6.45, 7) is 1.48. The van der Waals surface area contributed by atoms with E-state index >= 15 is 0 Å². The van der Waals surface area contributed by atoms with Crippen LogP contribution in [-0.4, -0.2) is 18.0 Å². The Bertz CT molecular complexity index is 973. The maximum atomic E-state index is 12.7. The molecule has 1 heterocycles. The van der Waals surface area contributed by atoms with Crippen molar-refractivity contribution in [1.82, 2.24) is 0 Å². The summed E-state index contributed by atoms with van der Waals surface area (Å²) in [5, 5.41) is 10.3. The minimum Gasteiger partial charge on any atom is -0.508 e. The van der Waals surface area contributed by atoms with Crippen molar-refractivity contribution in [2.75, 3.05) is 7.11 Å². The van der Waals surface area contributed by atoms with Crippen LogP contribution in [-0.2, 0) is 4.79 Å². The van der Waals surface area contributed by atoms with Crippen LogP contribution in [0.5, 0.6) is 11.5 Å². The maximum absolute atomic E-state index is 12.7. The van der Waals surface area contributed by atoms with E-state index in [9.17, 15) is 14.7 Å². The van der Waals surface area contributed by atoms with Gasteiger partial charge < -0.3 is 14.3 Å². The van der Waals surface area contributed by atoms with Gasteiger partial charge in [-0.1, -0.05) is 30.3 Å². The molecule has 2 aromatic carbocycles. The van der Waals surface area contributed by atoms with Crippen LogP contribution in [0.25, 0.3) is 11.0 Å². The monoisotopic (exact) mass is 338 g/mol. The summed E-state index contributed by atoms with van der Waals surface area (Å²) in [7, 11) is 1.46. The molecule has 3 rings (SSSR count). The van der Waals surface area contributed by atoms with Gasteiger partial charge in [0.1, 0.15) is 22.9 Å². The molecule has 0 spiro atoms. The summed E-state index contributed by atoms with van der Waals surface area (Å²) in [5.74, 6) is -0.186. The first-order chi connectivity index (χ1) is 12.0. The Morgan fingerprint density at radius 1 is 1.20 bits per heavy atom. The highest BCUT2D eigenvalue weighted by Crippen LogP contribution is 2.37. The maximum Gasteiger partial charge on any atom is 0.343 e. The zero-order valence-electron chi connectivity index (χ0n) is 14.0. The molecule has 0 saturated carbocycles. The van der Waals surface area contributed by atoms with E-state index < -0.39 is 11.5 Å². The van der Waals surface area contributed by atoms with E-state index in [4.69, 9.17) is 9.15 Å². The van der Waals surface area contributed by atoms with Gasteiger partial charge in [0.05, 0.1) is 18.1 Å². The number of hydrogen-bond donors (Lipinski definition) is 1. The molecule has 1 aromatic heterocycles. The van der Waals surface area contributed by atoms with E-state index in [1.807, 2.05) is 30.3 Å². The van der Waals surface area contributed by atoms with Crippen molar-refractivity contribution in [3.05, 3.63) is 70.1 Å². The summed E-state index contributed by atoms with van der Waals surface area (Å²) in [6, 6.07) is 13.7. The number of carbonyl (C=O) groups excluding carboxylic acids is 1. The molecule has 1 atom stereocenters. The topological polar surface area (TPSA) is 76.7 Å². The summed E-state index contributed by atoms with van der Waals surface area (Å²) >= 11 is 0. The Balaban J connectivity index is 2.32. The van der Waals surface area contributed by atoms with Crippen LogP contribution >= 0.6 is 0 Å². The molecule has 5 nitrogen and oxygen atoms in total. The minimum atomic E-state index is -0.551. The quantitative estimate of drug-likeness (QED) is 0.719. The van der Waals surface area contributed by atoms with Crippen molar-refractivity contribution in [3.63, 3.8) is 0 Å². The standard InChI is InChI=1S/C20H18O5/c1-12(21)10-15(13-6-4-3-5-7-13)18-19(24-2)16-11-14(22)8-9-17(16)25-20(18)23/h3-9,11,15,22H,10H2,1-2H3/t15-/m0/s1. The fraction of sp³-hybridized carbons (Fsp3) is 0.200. The van der Waals surface area contributed by atoms with Crippen LogP contribution in [0.15, 0.2) is 57.7 Å². The largest absolute Gasteiger partial charge is 0.508 e. The van der Waals surface area contributed by atoms with E-state index in [0.29, 0.717) is 16.7 Å². The zero-order valence-corrected chi connectivity index (χ0v) is 14.0. The van der Waals surface area contributed by atoms with Crippen molar-refractivity contribution in [3.8, 4) is 11.5 Å². The molecule has 0 bridgehead atoms. The first-order valence-corrected chi connectivity index (χ1v) is 7.89. The van der Waals surface area contributed by atoms with Crippen LogP contribution in [0.2, 0.25) is 0 Å². The average Bonchev–Trinajstić information content (AvgIpc) is 2.60. The van der Waals surface area contributed by atoms with Crippen molar-refractivity contribution in [2.24, 2.45) is 0 Å². The predicted molar refractivity (Wildman–Crippen MR) is 94.3 cm³/mol. The number of ketones is 1. The Morgan fingerprint density at radius 3 is 2.56 bits per heavy atom. The van der Waals surface area contributed by atoms with Crippen LogP contribution < -0.4 is 10.4 Å². The number of Topliss-reactive ketones (excluding diaryl/α,β-unsaturated/α-hetero) is 1. The highest BCUT2D eigenvalue weighted by atomic mass is 16.5. The van der Waals surface area contributed by atoms with Crippen LogP contribution in [0.4, 0.5) is 0 Å². The smallest absolute Gasteiger partial charge is 0.343 e. The van der Waals surface area contributed by atoms with Gasteiger partial charge >= 0.3 is 5.63 Å². The fourth-order valence-electron chi connectivity index (χ4n) is 3.06. The van der Waals surface area contributed by atoms with E-state index in [2.05, 4.69) is 0 Å². The number of hydrogen-bond acceptors (Lipinski definition) is 5. The summed E-state index contributed by atoms with van der Waals surface area (Å²) in [5.41, 5.74) is 0.869. The average molecular weight is 338 g/mol. The third-order valence-corrected chi connectivity index (χ3v) is 4.12. The molecule has 0 saturated heterocycles. The lowest BCUT2D eigenvalue weighted by molar-refractivity contribution is -0.117. The molecule has 128 valence electrons. The Morgan fingerprint density at radius 2 is 1.92 bits per heavy atom. The normalized spacial score (nSPS) is 12.1. The second-order valence-corrected chi connectivity index (χ2v) is 5.89.